The summed E-state index contributed by atoms with van der Waals surface area (Å²) in [5.41, 5.74) is 0. The van der Waals surface area contributed by atoms with Crippen molar-refractivity contribution in [2.75, 3.05) is 13.1 Å². The van der Waals surface area contributed by atoms with Crippen LogP contribution in [0, 0.1) is 5.92 Å². The predicted molar refractivity (Wildman–Crippen MR) is 42.6 cm³/mol. The molecule has 0 spiro atoms. The van der Waals surface area contributed by atoms with Crippen molar-refractivity contribution in [3.63, 3.8) is 0 Å². The largest absolute Gasteiger partial charge is 0.317 e. The monoisotopic (exact) mass is 129 g/mol. The van der Waals surface area contributed by atoms with E-state index < -0.39 is 0 Å². The van der Waals surface area contributed by atoms with Crippen LogP contribution in [-0.4, -0.2) is 13.1 Å². The molecule has 0 amide bonds. The zero-order valence-electron chi connectivity index (χ0n) is 6.91. The zero-order chi connectivity index (χ0) is 7.11. The van der Waals surface area contributed by atoms with Crippen molar-refractivity contribution in [3.8, 4) is 0 Å². The summed E-state index contributed by atoms with van der Waals surface area (Å²) < 4.78 is 0. The smallest absolute Gasteiger partial charge is 0.00233 e. The lowest BCUT2D eigenvalue weighted by molar-refractivity contribution is 0.484. The maximum absolute atomic E-state index is 3.33. The highest BCUT2D eigenvalue weighted by atomic mass is 14.8. The van der Waals surface area contributed by atoms with Crippen LogP contribution in [0.15, 0.2) is 0 Å². The van der Waals surface area contributed by atoms with Gasteiger partial charge >= 0.3 is 0 Å². The van der Waals surface area contributed by atoms with Crippen LogP contribution >= 0.6 is 0 Å². The van der Waals surface area contributed by atoms with Crippen molar-refractivity contribution in [2.45, 2.75) is 33.6 Å². The molecule has 0 aromatic carbocycles. The van der Waals surface area contributed by atoms with Crippen LogP contribution in [-0.2, 0) is 0 Å². The Bertz CT molecular complexity index is 52.5. The SMILES string of the molecule is CCC[C@@H](C)CNCC. The lowest BCUT2D eigenvalue weighted by atomic mass is 10.1. The molecule has 0 unspecified atom stereocenters. The zero-order valence-corrected chi connectivity index (χ0v) is 6.91. The first-order valence-corrected chi connectivity index (χ1v) is 4.02. The van der Waals surface area contributed by atoms with Crippen LogP contribution in [0.25, 0.3) is 0 Å². The van der Waals surface area contributed by atoms with Gasteiger partial charge in [-0.1, -0.05) is 27.2 Å². The average Bonchev–Trinajstić information content (AvgIpc) is 1.85. The fourth-order valence-electron chi connectivity index (χ4n) is 0.986. The first-order chi connectivity index (χ1) is 4.31. The Hall–Kier alpha value is -0.0400. The normalized spacial score (nSPS) is 13.7. The molecule has 9 heavy (non-hydrogen) atoms. The number of nitrogens with one attached hydrogen (secondary N) is 1. The van der Waals surface area contributed by atoms with Crippen molar-refractivity contribution in [3.05, 3.63) is 0 Å². The minimum Gasteiger partial charge on any atom is -0.317 e. The van der Waals surface area contributed by atoms with E-state index in [1.54, 1.807) is 0 Å². The summed E-state index contributed by atoms with van der Waals surface area (Å²) in [5.74, 6) is 0.856. The standard InChI is InChI=1S/C8H19N/c1-4-6-8(3)7-9-5-2/h8-9H,4-7H2,1-3H3/t8-/m1/s1. The highest BCUT2D eigenvalue weighted by molar-refractivity contribution is 4.53. The summed E-state index contributed by atoms with van der Waals surface area (Å²) in [5, 5.41) is 3.33. The minimum absolute atomic E-state index is 0.856. The maximum Gasteiger partial charge on any atom is -0.00233 e. The molecule has 0 aliphatic carbocycles. The van der Waals surface area contributed by atoms with Crippen molar-refractivity contribution in [2.24, 2.45) is 5.92 Å². The quantitative estimate of drug-likeness (QED) is 0.599. The van der Waals surface area contributed by atoms with E-state index in [2.05, 4.69) is 26.1 Å². The molecule has 0 radical (unpaired) electrons. The molecule has 1 nitrogen and oxygen atoms in total. The van der Waals surface area contributed by atoms with Crippen molar-refractivity contribution < 1.29 is 0 Å². The molecule has 0 saturated heterocycles. The fraction of sp³-hybridized carbons (Fsp3) is 1.00. The molecule has 1 atom stereocenters. The average molecular weight is 129 g/mol. The summed E-state index contributed by atoms with van der Waals surface area (Å²) in [7, 11) is 0. The molecule has 0 aromatic rings. The highest BCUT2D eigenvalue weighted by Gasteiger charge is 1.96. The molecule has 1 N–H and O–H groups in total. The summed E-state index contributed by atoms with van der Waals surface area (Å²) in [6.07, 6.45) is 2.67. The van der Waals surface area contributed by atoms with Gasteiger partial charge in [-0.2, -0.15) is 0 Å². The van der Waals surface area contributed by atoms with E-state index in [-0.39, 0.29) is 0 Å². The predicted octanol–water partition coefficient (Wildman–Crippen LogP) is 2.03. The van der Waals surface area contributed by atoms with E-state index in [9.17, 15) is 0 Å². The topological polar surface area (TPSA) is 12.0 Å². The van der Waals surface area contributed by atoms with Gasteiger partial charge < -0.3 is 5.32 Å². The molecule has 0 saturated carbocycles. The summed E-state index contributed by atoms with van der Waals surface area (Å²) in [6, 6.07) is 0. The van der Waals surface area contributed by atoms with E-state index in [4.69, 9.17) is 0 Å². The fourth-order valence-corrected chi connectivity index (χ4v) is 0.986. The summed E-state index contributed by atoms with van der Waals surface area (Å²) in [4.78, 5) is 0. The van der Waals surface area contributed by atoms with E-state index >= 15 is 0 Å². The van der Waals surface area contributed by atoms with Crippen LogP contribution in [0.4, 0.5) is 0 Å². The van der Waals surface area contributed by atoms with E-state index in [0.717, 1.165) is 12.5 Å². The van der Waals surface area contributed by atoms with Gasteiger partial charge in [0.05, 0.1) is 0 Å². The van der Waals surface area contributed by atoms with E-state index in [1.807, 2.05) is 0 Å². The van der Waals surface area contributed by atoms with Crippen molar-refractivity contribution >= 4 is 0 Å². The molecule has 0 aromatic heterocycles. The Morgan fingerprint density at radius 3 is 2.44 bits per heavy atom. The van der Waals surface area contributed by atoms with Gasteiger partial charge in [0.25, 0.3) is 0 Å². The molecule has 0 aliphatic heterocycles. The molecular weight excluding hydrogens is 110 g/mol. The first-order valence-electron chi connectivity index (χ1n) is 4.02. The molecule has 0 bridgehead atoms. The van der Waals surface area contributed by atoms with Gasteiger partial charge in [0.15, 0.2) is 0 Å². The molecule has 0 rings (SSSR count). The molecular formula is C8H19N. The second kappa shape index (κ2) is 6.09. The Kier molecular flexibility index (Phi) is 6.06. The minimum atomic E-state index is 0.856. The van der Waals surface area contributed by atoms with Crippen LogP contribution < -0.4 is 5.32 Å². The van der Waals surface area contributed by atoms with Crippen molar-refractivity contribution in [1.82, 2.24) is 5.32 Å². The maximum atomic E-state index is 3.33. The van der Waals surface area contributed by atoms with Gasteiger partial charge in [0, 0.05) is 0 Å². The number of hydrogen-bond acceptors (Lipinski definition) is 1. The van der Waals surface area contributed by atoms with Gasteiger partial charge in [0.1, 0.15) is 0 Å². The first kappa shape index (κ1) is 8.96. The van der Waals surface area contributed by atoms with Crippen molar-refractivity contribution in [1.29, 1.82) is 0 Å². The summed E-state index contributed by atoms with van der Waals surface area (Å²) in [6.45, 7) is 8.98. The molecule has 0 heterocycles. The van der Waals surface area contributed by atoms with Crippen LogP contribution in [0.2, 0.25) is 0 Å². The second-order valence-electron chi connectivity index (χ2n) is 2.70. The molecule has 56 valence electrons. The molecule has 0 aliphatic rings. The van der Waals surface area contributed by atoms with Gasteiger partial charge in [0.2, 0.25) is 0 Å². The van der Waals surface area contributed by atoms with Gasteiger partial charge in [-0.05, 0) is 25.4 Å². The van der Waals surface area contributed by atoms with E-state index in [1.165, 1.54) is 19.4 Å². The van der Waals surface area contributed by atoms with Crippen LogP contribution in [0.5, 0.6) is 0 Å². The third-order valence-electron chi connectivity index (χ3n) is 1.52. The molecule has 0 fully saturated rings. The second-order valence-corrected chi connectivity index (χ2v) is 2.70. The van der Waals surface area contributed by atoms with Crippen LogP contribution in [0.1, 0.15) is 33.6 Å². The van der Waals surface area contributed by atoms with Gasteiger partial charge in [-0.3, -0.25) is 0 Å². The van der Waals surface area contributed by atoms with Gasteiger partial charge in [-0.15, -0.1) is 0 Å². The van der Waals surface area contributed by atoms with E-state index in [0.29, 0.717) is 0 Å². The third-order valence-corrected chi connectivity index (χ3v) is 1.52. The third kappa shape index (κ3) is 5.84. The van der Waals surface area contributed by atoms with Crippen LogP contribution in [0.3, 0.4) is 0 Å². The summed E-state index contributed by atoms with van der Waals surface area (Å²) >= 11 is 0. The Morgan fingerprint density at radius 1 is 1.33 bits per heavy atom. The number of hydrogen-bond donors (Lipinski definition) is 1. The Morgan fingerprint density at radius 2 is 2.00 bits per heavy atom. The number of rotatable bonds is 5. The highest BCUT2D eigenvalue weighted by Crippen LogP contribution is 2.01. The molecule has 1 heteroatoms. The Balaban J connectivity index is 2.95. The lowest BCUT2D eigenvalue weighted by Gasteiger charge is -2.08. The van der Waals surface area contributed by atoms with Gasteiger partial charge in [-0.25, -0.2) is 0 Å². The lowest BCUT2D eigenvalue weighted by Crippen LogP contribution is -2.20. The Labute approximate surface area is 58.8 Å².